The summed E-state index contributed by atoms with van der Waals surface area (Å²) in [6.07, 6.45) is 0.337. The minimum Gasteiger partial charge on any atom is -0.494 e. The minimum absolute atomic E-state index is 0.0307. The Balaban J connectivity index is 1.72. The molecule has 0 radical (unpaired) electrons. The summed E-state index contributed by atoms with van der Waals surface area (Å²) in [5.41, 5.74) is 5.60. The molecular weight excluding hydrogens is 438 g/mol. The zero-order valence-electron chi connectivity index (χ0n) is 20.5. The molecule has 0 fully saturated rings. The molecule has 7 nitrogen and oxygen atoms in total. The van der Waals surface area contributed by atoms with Crippen molar-refractivity contribution in [1.82, 2.24) is 19.7 Å². The molecule has 0 N–H and O–H groups in total. The summed E-state index contributed by atoms with van der Waals surface area (Å²) >= 11 is 0. The fourth-order valence-electron chi connectivity index (χ4n) is 4.89. The summed E-state index contributed by atoms with van der Waals surface area (Å²) in [6, 6.07) is 19.9. The molecule has 7 heteroatoms. The van der Waals surface area contributed by atoms with Crippen molar-refractivity contribution in [3.8, 4) is 11.7 Å². The lowest BCUT2D eigenvalue weighted by Crippen LogP contribution is -2.38. The SMILES string of the molecule is CCOc1ccccc1[C@H]1CC(=O)N(Cc2ccccc2)c2c1c(C)nn2-c1nc(C)cc(C)n1. The van der Waals surface area contributed by atoms with E-state index in [1.54, 1.807) is 4.68 Å². The van der Waals surface area contributed by atoms with E-state index in [9.17, 15) is 4.79 Å². The zero-order chi connectivity index (χ0) is 24.5. The number of carbonyl (C=O) groups excluding carboxylic acids is 1. The number of ether oxygens (including phenoxy) is 1. The van der Waals surface area contributed by atoms with Gasteiger partial charge in [0.1, 0.15) is 11.6 Å². The minimum atomic E-state index is -0.174. The largest absolute Gasteiger partial charge is 0.494 e. The number of fused-ring (bicyclic) bond motifs is 1. The maximum absolute atomic E-state index is 13.7. The molecule has 0 saturated heterocycles. The van der Waals surface area contributed by atoms with Gasteiger partial charge in [0.05, 0.1) is 18.8 Å². The highest BCUT2D eigenvalue weighted by Gasteiger charge is 2.39. The predicted octanol–water partition coefficient (Wildman–Crippen LogP) is 5.06. The van der Waals surface area contributed by atoms with E-state index in [0.29, 0.717) is 25.5 Å². The second-order valence-corrected chi connectivity index (χ2v) is 8.88. The van der Waals surface area contributed by atoms with Gasteiger partial charge < -0.3 is 4.74 Å². The number of para-hydroxylation sites is 1. The third kappa shape index (κ3) is 4.30. The van der Waals surface area contributed by atoms with Crippen LogP contribution in [0.2, 0.25) is 0 Å². The van der Waals surface area contributed by atoms with Crippen molar-refractivity contribution in [1.29, 1.82) is 0 Å². The van der Waals surface area contributed by atoms with Crippen LogP contribution in [0, 0.1) is 20.8 Å². The number of rotatable bonds is 6. The Morgan fingerprint density at radius 2 is 1.66 bits per heavy atom. The molecule has 1 amide bonds. The lowest BCUT2D eigenvalue weighted by Gasteiger charge is -2.33. The van der Waals surface area contributed by atoms with Gasteiger partial charge >= 0.3 is 0 Å². The molecule has 35 heavy (non-hydrogen) atoms. The third-order valence-electron chi connectivity index (χ3n) is 6.30. The number of aromatic nitrogens is 4. The molecule has 0 saturated carbocycles. The number of carbonyl (C=O) groups is 1. The number of hydrogen-bond acceptors (Lipinski definition) is 5. The monoisotopic (exact) mass is 467 g/mol. The average molecular weight is 468 g/mol. The molecular formula is C28H29N5O2. The van der Waals surface area contributed by atoms with Crippen molar-refractivity contribution in [2.45, 2.75) is 46.6 Å². The normalized spacial score (nSPS) is 15.3. The van der Waals surface area contributed by atoms with Crippen molar-refractivity contribution in [2.75, 3.05) is 11.5 Å². The van der Waals surface area contributed by atoms with Gasteiger partial charge in [-0.1, -0.05) is 48.5 Å². The molecule has 5 rings (SSSR count). The second kappa shape index (κ2) is 9.33. The fourth-order valence-corrected chi connectivity index (χ4v) is 4.89. The van der Waals surface area contributed by atoms with Gasteiger partial charge in [-0.2, -0.15) is 9.78 Å². The fraction of sp³-hybridized carbons (Fsp3) is 0.286. The molecule has 0 bridgehead atoms. The van der Waals surface area contributed by atoms with E-state index in [1.165, 1.54) is 0 Å². The highest BCUT2D eigenvalue weighted by Crippen LogP contribution is 2.45. The molecule has 1 aliphatic heterocycles. The average Bonchev–Trinajstić information content (AvgIpc) is 3.19. The lowest BCUT2D eigenvalue weighted by atomic mass is 9.84. The number of anilines is 1. The van der Waals surface area contributed by atoms with E-state index < -0.39 is 0 Å². The number of aryl methyl sites for hydroxylation is 3. The van der Waals surface area contributed by atoms with E-state index >= 15 is 0 Å². The smallest absolute Gasteiger partial charge is 0.252 e. The van der Waals surface area contributed by atoms with Crippen LogP contribution in [0.4, 0.5) is 5.82 Å². The first-order valence-electron chi connectivity index (χ1n) is 11.9. The highest BCUT2D eigenvalue weighted by molar-refractivity contribution is 5.97. The van der Waals surface area contributed by atoms with Crippen molar-refractivity contribution >= 4 is 11.7 Å². The van der Waals surface area contributed by atoms with Gasteiger partial charge in [-0.05, 0) is 45.4 Å². The first-order chi connectivity index (χ1) is 17.0. The number of amides is 1. The van der Waals surface area contributed by atoms with Crippen molar-refractivity contribution in [2.24, 2.45) is 0 Å². The van der Waals surface area contributed by atoms with Crippen LogP contribution in [0.5, 0.6) is 5.75 Å². The molecule has 1 atom stereocenters. The van der Waals surface area contributed by atoms with Crippen molar-refractivity contribution in [3.63, 3.8) is 0 Å². The molecule has 1 aliphatic rings. The Labute approximate surface area is 205 Å². The third-order valence-corrected chi connectivity index (χ3v) is 6.30. The van der Waals surface area contributed by atoms with E-state index in [1.807, 2.05) is 93.3 Å². The van der Waals surface area contributed by atoms with Gasteiger partial charge in [0.25, 0.3) is 5.95 Å². The quantitative estimate of drug-likeness (QED) is 0.397. The Kier molecular flexibility index (Phi) is 6.07. The Morgan fingerprint density at radius 3 is 2.37 bits per heavy atom. The molecule has 0 unspecified atom stereocenters. The van der Waals surface area contributed by atoms with Crippen LogP contribution >= 0.6 is 0 Å². The summed E-state index contributed by atoms with van der Waals surface area (Å²) in [7, 11) is 0. The highest BCUT2D eigenvalue weighted by atomic mass is 16.5. The van der Waals surface area contributed by atoms with Crippen molar-refractivity contribution in [3.05, 3.63) is 94.4 Å². The summed E-state index contributed by atoms with van der Waals surface area (Å²) < 4.78 is 7.69. The lowest BCUT2D eigenvalue weighted by molar-refractivity contribution is -0.119. The summed E-state index contributed by atoms with van der Waals surface area (Å²) in [4.78, 5) is 24.9. The van der Waals surface area contributed by atoms with Crippen LogP contribution < -0.4 is 9.64 Å². The van der Waals surface area contributed by atoms with Crippen LogP contribution in [-0.4, -0.2) is 32.3 Å². The Morgan fingerprint density at radius 1 is 0.971 bits per heavy atom. The van der Waals surface area contributed by atoms with Crippen LogP contribution in [0.15, 0.2) is 60.7 Å². The molecule has 0 aliphatic carbocycles. The summed E-state index contributed by atoms with van der Waals surface area (Å²) in [5, 5.41) is 4.88. The van der Waals surface area contributed by atoms with Gasteiger partial charge in [-0.3, -0.25) is 9.69 Å². The first kappa shape index (κ1) is 22.8. The predicted molar refractivity (Wildman–Crippen MR) is 135 cm³/mol. The summed E-state index contributed by atoms with van der Waals surface area (Å²) in [6.45, 7) is 8.84. The maximum Gasteiger partial charge on any atom is 0.252 e. The van der Waals surface area contributed by atoms with E-state index in [0.717, 1.165) is 45.3 Å². The number of benzene rings is 2. The number of hydrogen-bond donors (Lipinski definition) is 0. The van der Waals surface area contributed by atoms with E-state index in [2.05, 4.69) is 9.97 Å². The van der Waals surface area contributed by atoms with E-state index in [4.69, 9.17) is 9.84 Å². The molecule has 4 aromatic rings. The van der Waals surface area contributed by atoms with Crippen LogP contribution in [0.25, 0.3) is 5.95 Å². The number of nitrogens with zero attached hydrogens (tertiary/aromatic N) is 5. The standard InChI is InChI=1S/C28H29N5O2/c1-5-35-24-14-10-9-13-22(24)23-16-25(34)32(17-21-11-7-6-8-12-21)27-26(23)20(4)31-33(27)28-29-18(2)15-19(3)30-28/h6-15,23H,5,16-17H2,1-4H3/t23-/m1/s1. The Hall–Kier alpha value is -4.00. The van der Waals surface area contributed by atoms with Crippen LogP contribution in [0.3, 0.4) is 0 Å². The second-order valence-electron chi connectivity index (χ2n) is 8.88. The molecule has 2 aromatic carbocycles. The van der Waals surface area contributed by atoms with Gasteiger partial charge in [0.15, 0.2) is 0 Å². The first-order valence-corrected chi connectivity index (χ1v) is 11.9. The van der Waals surface area contributed by atoms with Gasteiger partial charge in [-0.25, -0.2) is 9.97 Å². The zero-order valence-corrected chi connectivity index (χ0v) is 20.5. The van der Waals surface area contributed by atoms with Crippen LogP contribution in [-0.2, 0) is 11.3 Å². The Bertz CT molecular complexity index is 1360. The van der Waals surface area contributed by atoms with E-state index in [-0.39, 0.29) is 11.8 Å². The molecule has 2 aromatic heterocycles. The van der Waals surface area contributed by atoms with Gasteiger partial charge in [0, 0.05) is 34.9 Å². The van der Waals surface area contributed by atoms with Crippen molar-refractivity contribution < 1.29 is 9.53 Å². The van der Waals surface area contributed by atoms with Gasteiger partial charge in [-0.15, -0.1) is 0 Å². The molecule has 3 heterocycles. The molecule has 178 valence electrons. The van der Waals surface area contributed by atoms with Gasteiger partial charge in [0.2, 0.25) is 5.91 Å². The topological polar surface area (TPSA) is 73.1 Å². The van der Waals surface area contributed by atoms with Crippen LogP contribution in [0.1, 0.15) is 53.0 Å². The maximum atomic E-state index is 13.7. The summed E-state index contributed by atoms with van der Waals surface area (Å²) in [5.74, 6) is 1.85. The molecule has 0 spiro atoms.